The molecule has 2 atom stereocenters. The summed E-state index contributed by atoms with van der Waals surface area (Å²) in [4.78, 5) is 4.48. The van der Waals surface area contributed by atoms with Gasteiger partial charge in [-0.25, -0.2) is 0 Å². The van der Waals surface area contributed by atoms with Crippen molar-refractivity contribution in [2.45, 2.75) is 38.1 Å². The molecule has 0 spiro atoms. The van der Waals surface area contributed by atoms with Gasteiger partial charge in [0, 0.05) is 12.5 Å². The number of hydrogen-bond donors (Lipinski definition) is 1. The molecule has 0 bridgehead atoms. The molecule has 2 unspecified atom stereocenters. The van der Waals surface area contributed by atoms with Gasteiger partial charge < -0.3 is 15.0 Å². The van der Waals surface area contributed by atoms with Crippen molar-refractivity contribution in [1.82, 2.24) is 10.1 Å². The van der Waals surface area contributed by atoms with Crippen LogP contribution in [0.25, 0.3) is 0 Å². The lowest BCUT2D eigenvalue weighted by atomic mass is 9.84. The van der Waals surface area contributed by atoms with Crippen molar-refractivity contribution in [2.24, 2.45) is 5.73 Å². The van der Waals surface area contributed by atoms with E-state index in [9.17, 15) is 0 Å². The first-order chi connectivity index (χ1) is 10.3. The van der Waals surface area contributed by atoms with Crippen LogP contribution < -0.4 is 5.73 Å². The van der Waals surface area contributed by atoms with Gasteiger partial charge in [0.1, 0.15) is 0 Å². The van der Waals surface area contributed by atoms with E-state index in [1.54, 1.807) is 0 Å². The first kappa shape index (κ1) is 14.2. The molecule has 112 valence electrons. The van der Waals surface area contributed by atoms with Gasteiger partial charge in [0.05, 0.1) is 12.6 Å². The first-order valence-corrected chi connectivity index (χ1v) is 7.51. The molecule has 21 heavy (non-hydrogen) atoms. The Kier molecular flexibility index (Phi) is 4.31. The molecule has 1 aromatic carbocycles. The van der Waals surface area contributed by atoms with Crippen LogP contribution in [0.2, 0.25) is 0 Å². The molecule has 1 aliphatic rings. The monoisotopic (exact) mass is 287 g/mol. The van der Waals surface area contributed by atoms with E-state index in [0.717, 1.165) is 19.3 Å². The van der Waals surface area contributed by atoms with E-state index in [-0.39, 0.29) is 6.04 Å². The summed E-state index contributed by atoms with van der Waals surface area (Å²) in [6, 6.07) is 8.23. The lowest BCUT2D eigenvalue weighted by Crippen LogP contribution is -2.19. The maximum atomic E-state index is 5.99. The molecular formula is C16H21N3O2. The molecule has 1 aliphatic carbocycles. The summed E-state index contributed by atoms with van der Waals surface area (Å²) in [5.74, 6) is 1.53. The fourth-order valence-corrected chi connectivity index (χ4v) is 2.79. The smallest absolute Gasteiger partial charge is 0.230 e. The molecule has 1 aromatic heterocycles. The molecule has 3 rings (SSSR count). The van der Waals surface area contributed by atoms with Gasteiger partial charge in [-0.1, -0.05) is 29.4 Å². The quantitative estimate of drug-likeness (QED) is 0.914. The number of benzene rings is 1. The molecule has 5 heteroatoms. The standard InChI is InChI=1S/C16H21N3O2/c1-2-20-10-14(17)15-18-16(21-19-15)13-8-7-11-5-3-4-6-12(11)9-13/h3-6,13-14H,2,7-10,17H2,1H3. The molecule has 0 saturated carbocycles. The highest BCUT2D eigenvalue weighted by molar-refractivity contribution is 5.31. The molecule has 0 aliphatic heterocycles. The number of ether oxygens (including phenoxy) is 1. The molecule has 5 nitrogen and oxygen atoms in total. The molecule has 1 heterocycles. The van der Waals surface area contributed by atoms with Gasteiger partial charge in [-0.2, -0.15) is 4.98 Å². The van der Waals surface area contributed by atoms with E-state index < -0.39 is 0 Å². The summed E-state index contributed by atoms with van der Waals surface area (Å²) in [6.45, 7) is 2.99. The third-order valence-electron chi connectivity index (χ3n) is 3.99. The summed E-state index contributed by atoms with van der Waals surface area (Å²) < 4.78 is 10.7. The normalized spacial score (nSPS) is 19.2. The largest absolute Gasteiger partial charge is 0.380 e. The van der Waals surface area contributed by atoms with E-state index >= 15 is 0 Å². The zero-order valence-corrected chi connectivity index (χ0v) is 12.3. The predicted octanol–water partition coefficient (Wildman–Crippen LogP) is 2.38. The minimum atomic E-state index is -0.321. The average molecular weight is 287 g/mol. The Bertz CT molecular complexity index is 597. The van der Waals surface area contributed by atoms with Crippen molar-refractivity contribution in [2.75, 3.05) is 13.2 Å². The Balaban J connectivity index is 1.70. The SMILES string of the molecule is CCOCC(N)c1noc(C2CCc3ccccc3C2)n1. The molecule has 0 amide bonds. The topological polar surface area (TPSA) is 74.2 Å². The van der Waals surface area contributed by atoms with Crippen molar-refractivity contribution < 1.29 is 9.26 Å². The average Bonchev–Trinajstić information content (AvgIpc) is 3.02. The number of aromatic nitrogens is 2. The van der Waals surface area contributed by atoms with Crippen molar-refractivity contribution in [3.8, 4) is 0 Å². The van der Waals surface area contributed by atoms with Crippen molar-refractivity contribution >= 4 is 0 Å². The maximum Gasteiger partial charge on any atom is 0.230 e. The van der Waals surface area contributed by atoms with E-state index in [1.807, 2.05) is 6.92 Å². The third kappa shape index (κ3) is 3.14. The minimum Gasteiger partial charge on any atom is -0.380 e. The van der Waals surface area contributed by atoms with Crippen LogP contribution in [0.4, 0.5) is 0 Å². The van der Waals surface area contributed by atoms with Crippen LogP contribution >= 0.6 is 0 Å². The Morgan fingerprint density at radius 3 is 3.00 bits per heavy atom. The zero-order valence-electron chi connectivity index (χ0n) is 12.3. The van der Waals surface area contributed by atoms with Gasteiger partial charge in [-0.3, -0.25) is 0 Å². The van der Waals surface area contributed by atoms with E-state index in [0.29, 0.717) is 30.8 Å². The molecule has 0 saturated heterocycles. The van der Waals surface area contributed by atoms with E-state index in [4.69, 9.17) is 15.0 Å². The van der Waals surface area contributed by atoms with Crippen LogP contribution in [0, 0.1) is 0 Å². The second-order valence-electron chi connectivity index (χ2n) is 5.47. The summed E-state index contributed by atoms with van der Waals surface area (Å²) in [7, 11) is 0. The number of hydrogen-bond acceptors (Lipinski definition) is 5. The summed E-state index contributed by atoms with van der Waals surface area (Å²) in [6.07, 6.45) is 3.06. The van der Waals surface area contributed by atoms with Gasteiger partial charge in [0.25, 0.3) is 0 Å². The Morgan fingerprint density at radius 2 is 2.19 bits per heavy atom. The van der Waals surface area contributed by atoms with Crippen molar-refractivity contribution in [1.29, 1.82) is 0 Å². The first-order valence-electron chi connectivity index (χ1n) is 7.51. The van der Waals surface area contributed by atoms with Crippen LogP contribution in [-0.2, 0) is 17.6 Å². The van der Waals surface area contributed by atoms with E-state index in [1.165, 1.54) is 11.1 Å². The number of aryl methyl sites for hydroxylation is 1. The summed E-state index contributed by atoms with van der Waals surface area (Å²) in [5, 5.41) is 4.01. The van der Waals surface area contributed by atoms with Crippen molar-refractivity contribution in [3.63, 3.8) is 0 Å². The van der Waals surface area contributed by atoms with Gasteiger partial charge in [-0.15, -0.1) is 0 Å². The lowest BCUT2D eigenvalue weighted by molar-refractivity contribution is 0.130. The summed E-state index contributed by atoms with van der Waals surface area (Å²) in [5.41, 5.74) is 8.80. The third-order valence-corrected chi connectivity index (χ3v) is 3.99. The fourth-order valence-electron chi connectivity index (χ4n) is 2.79. The molecular weight excluding hydrogens is 266 g/mol. The second-order valence-corrected chi connectivity index (χ2v) is 5.47. The lowest BCUT2D eigenvalue weighted by Gasteiger charge is -2.21. The highest BCUT2D eigenvalue weighted by Crippen LogP contribution is 2.31. The zero-order chi connectivity index (χ0) is 14.7. The number of nitrogens with two attached hydrogens (primary N) is 1. The molecule has 0 fully saturated rings. The van der Waals surface area contributed by atoms with Crippen molar-refractivity contribution in [3.05, 3.63) is 47.1 Å². The fraction of sp³-hybridized carbons (Fsp3) is 0.500. The van der Waals surface area contributed by atoms with Crippen LogP contribution in [0.3, 0.4) is 0 Å². The minimum absolute atomic E-state index is 0.292. The number of rotatable bonds is 5. The van der Waals surface area contributed by atoms with Gasteiger partial charge in [-0.05, 0) is 37.3 Å². The van der Waals surface area contributed by atoms with Crippen LogP contribution in [0.1, 0.15) is 48.1 Å². The Hall–Kier alpha value is -1.72. The number of nitrogens with zero attached hydrogens (tertiary/aromatic N) is 2. The predicted molar refractivity (Wildman–Crippen MR) is 78.9 cm³/mol. The molecule has 2 aromatic rings. The second kappa shape index (κ2) is 6.37. The maximum absolute atomic E-state index is 5.99. The Labute approximate surface area is 124 Å². The van der Waals surface area contributed by atoms with Crippen LogP contribution in [-0.4, -0.2) is 23.4 Å². The van der Waals surface area contributed by atoms with Crippen LogP contribution in [0.5, 0.6) is 0 Å². The highest BCUT2D eigenvalue weighted by atomic mass is 16.5. The van der Waals surface area contributed by atoms with Gasteiger partial charge >= 0.3 is 0 Å². The highest BCUT2D eigenvalue weighted by Gasteiger charge is 2.25. The van der Waals surface area contributed by atoms with Crippen LogP contribution in [0.15, 0.2) is 28.8 Å². The van der Waals surface area contributed by atoms with Gasteiger partial charge in [0.2, 0.25) is 5.89 Å². The summed E-state index contributed by atoms with van der Waals surface area (Å²) >= 11 is 0. The molecule has 0 radical (unpaired) electrons. The van der Waals surface area contributed by atoms with Gasteiger partial charge in [0.15, 0.2) is 5.82 Å². The number of fused-ring (bicyclic) bond motifs is 1. The van der Waals surface area contributed by atoms with E-state index in [2.05, 4.69) is 34.4 Å². The molecule has 2 N–H and O–H groups in total. The Morgan fingerprint density at radius 1 is 1.38 bits per heavy atom.